The van der Waals surface area contributed by atoms with E-state index in [1.807, 2.05) is 0 Å². The maximum Gasteiger partial charge on any atom is 0.251 e. The zero-order chi connectivity index (χ0) is 13.6. The molecule has 1 amide bonds. The van der Waals surface area contributed by atoms with Gasteiger partial charge in [-0.1, -0.05) is 6.07 Å². The highest BCUT2D eigenvalue weighted by atomic mass is 35.5. The number of anilines is 1. The van der Waals surface area contributed by atoms with Crippen LogP contribution in [-0.2, 0) is 10.0 Å². The number of carbonyl (C=O) groups is 1. The van der Waals surface area contributed by atoms with Crippen LogP contribution in [-0.4, -0.2) is 33.7 Å². The summed E-state index contributed by atoms with van der Waals surface area (Å²) in [4.78, 5) is 11.7. The van der Waals surface area contributed by atoms with E-state index in [2.05, 4.69) is 10.0 Å². The van der Waals surface area contributed by atoms with Gasteiger partial charge >= 0.3 is 0 Å². The lowest BCUT2D eigenvalue weighted by molar-refractivity contribution is 0.0953. The largest absolute Gasteiger partial charge is 0.399 e. The summed E-state index contributed by atoms with van der Waals surface area (Å²) in [5.41, 5.74) is 6.58. The Kier molecular flexibility index (Phi) is 7.43. The van der Waals surface area contributed by atoms with Crippen molar-refractivity contribution in [3.8, 4) is 0 Å². The van der Waals surface area contributed by atoms with Crippen LogP contribution in [0, 0.1) is 0 Å². The quantitative estimate of drug-likeness (QED) is 0.521. The maximum atomic E-state index is 11.7. The van der Waals surface area contributed by atoms with Gasteiger partial charge in [0, 0.05) is 24.3 Å². The molecule has 0 aliphatic carbocycles. The smallest absolute Gasteiger partial charge is 0.251 e. The van der Waals surface area contributed by atoms with Crippen molar-refractivity contribution in [1.29, 1.82) is 0 Å². The number of sulfonamides is 1. The van der Waals surface area contributed by atoms with Crippen molar-refractivity contribution in [2.24, 2.45) is 0 Å². The van der Waals surface area contributed by atoms with Crippen LogP contribution in [0.1, 0.15) is 16.8 Å². The van der Waals surface area contributed by atoms with Crippen molar-refractivity contribution in [3.63, 3.8) is 0 Å². The van der Waals surface area contributed by atoms with E-state index in [0.29, 0.717) is 30.8 Å². The number of benzene rings is 1. The average Bonchev–Trinajstić information content (AvgIpc) is 2.26. The number of carbonyl (C=O) groups excluding carboxylic acids is 1. The van der Waals surface area contributed by atoms with Gasteiger partial charge in [0.2, 0.25) is 10.0 Å². The van der Waals surface area contributed by atoms with Crippen LogP contribution in [0.5, 0.6) is 0 Å². The van der Waals surface area contributed by atoms with Gasteiger partial charge < -0.3 is 11.1 Å². The van der Waals surface area contributed by atoms with Gasteiger partial charge in [0.05, 0.1) is 6.26 Å². The Hall–Kier alpha value is -1.31. The number of nitrogen functional groups attached to an aromatic ring is 1. The van der Waals surface area contributed by atoms with Gasteiger partial charge in [-0.2, -0.15) is 0 Å². The fourth-order valence-corrected chi connectivity index (χ4v) is 1.84. The van der Waals surface area contributed by atoms with Crippen LogP contribution < -0.4 is 15.8 Å². The van der Waals surface area contributed by atoms with E-state index in [0.717, 1.165) is 6.26 Å². The normalized spacial score (nSPS) is 10.6. The van der Waals surface area contributed by atoms with Gasteiger partial charge in [-0.05, 0) is 24.6 Å². The highest BCUT2D eigenvalue weighted by Crippen LogP contribution is 2.05. The molecule has 6 nitrogen and oxygen atoms in total. The number of amides is 1. The fourth-order valence-electron chi connectivity index (χ4n) is 1.33. The molecule has 0 heterocycles. The first-order valence-corrected chi connectivity index (χ1v) is 7.36. The third kappa shape index (κ3) is 7.66. The molecule has 0 atom stereocenters. The maximum absolute atomic E-state index is 11.7. The second kappa shape index (κ2) is 7.98. The van der Waals surface area contributed by atoms with Crippen molar-refractivity contribution in [2.45, 2.75) is 6.42 Å². The molecule has 0 aliphatic rings. The summed E-state index contributed by atoms with van der Waals surface area (Å²) < 4.78 is 23.9. The molecule has 8 heteroatoms. The molecule has 108 valence electrons. The van der Waals surface area contributed by atoms with Gasteiger partial charge in [-0.3, -0.25) is 4.79 Å². The van der Waals surface area contributed by atoms with Gasteiger partial charge in [0.1, 0.15) is 0 Å². The van der Waals surface area contributed by atoms with Crippen molar-refractivity contribution in [3.05, 3.63) is 29.8 Å². The predicted molar refractivity (Wildman–Crippen MR) is 77.9 cm³/mol. The lowest BCUT2D eigenvalue weighted by Crippen LogP contribution is -2.29. The molecule has 1 rings (SSSR count). The number of hydrogen-bond acceptors (Lipinski definition) is 4. The van der Waals surface area contributed by atoms with Crippen LogP contribution in [0.2, 0.25) is 0 Å². The Bertz CT molecular complexity index is 520. The van der Waals surface area contributed by atoms with Crippen LogP contribution >= 0.6 is 12.4 Å². The highest BCUT2D eigenvalue weighted by Gasteiger charge is 2.05. The molecule has 19 heavy (non-hydrogen) atoms. The first-order chi connectivity index (χ1) is 8.38. The second-order valence-electron chi connectivity index (χ2n) is 3.90. The van der Waals surface area contributed by atoms with Gasteiger partial charge in [0.15, 0.2) is 0 Å². The summed E-state index contributed by atoms with van der Waals surface area (Å²) in [5, 5.41) is 2.68. The molecular formula is C11H18ClN3O3S. The summed E-state index contributed by atoms with van der Waals surface area (Å²) in [6.45, 7) is 0.701. The standard InChI is InChI=1S/C11H17N3O3S.ClH/c1-18(16,17)14-7-3-6-13-11(15)9-4-2-5-10(12)8-9;/h2,4-5,8,14H,3,6-7,12H2,1H3,(H,13,15);1H. The van der Waals surface area contributed by atoms with E-state index in [9.17, 15) is 13.2 Å². The molecule has 0 aromatic heterocycles. The fraction of sp³-hybridized carbons (Fsp3) is 0.364. The SMILES string of the molecule is CS(=O)(=O)NCCCNC(=O)c1cccc(N)c1.Cl. The molecule has 0 spiro atoms. The zero-order valence-corrected chi connectivity index (χ0v) is 12.2. The molecule has 0 radical (unpaired) electrons. The number of nitrogens with two attached hydrogens (primary N) is 1. The molecule has 1 aromatic carbocycles. The Labute approximate surface area is 119 Å². The lowest BCUT2D eigenvalue weighted by Gasteiger charge is -2.06. The van der Waals surface area contributed by atoms with Gasteiger partial charge in [-0.15, -0.1) is 12.4 Å². The minimum atomic E-state index is -3.16. The Morgan fingerprint density at radius 2 is 2.00 bits per heavy atom. The third-order valence-electron chi connectivity index (χ3n) is 2.15. The van der Waals surface area contributed by atoms with Crippen molar-refractivity contribution < 1.29 is 13.2 Å². The van der Waals surface area contributed by atoms with E-state index < -0.39 is 10.0 Å². The summed E-state index contributed by atoms with van der Waals surface area (Å²) in [7, 11) is -3.16. The predicted octanol–water partition coefficient (Wildman–Crippen LogP) is 0.360. The topological polar surface area (TPSA) is 101 Å². The van der Waals surface area contributed by atoms with E-state index in [1.165, 1.54) is 0 Å². The van der Waals surface area contributed by atoms with Crippen molar-refractivity contribution in [2.75, 3.05) is 25.1 Å². The van der Waals surface area contributed by atoms with Crippen molar-refractivity contribution >= 4 is 34.0 Å². The van der Waals surface area contributed by atoms with E-state index in [4.69, 9.17) is 5.73 Å². The van der Waals surface area contributed by atoms with Gasteiger partial charge in [0.25, 0.3) is 5.91 Å². The van der Waals surface area contributed by atoms with Crippen LogP contribution in [0.4, 0.5) is 5.69 Å². The lowest BCUT2D eigenvalue weighted by atomic mass is 10.2. The number of halogens is 1. The Morgan fingerprint density at radius 1 is 1.32 bits per heavy atom. The molecule has 0 saturated carbocycles. The average molecular weight is 308 g/mol. The number of hydrogen-bond donors (Lipinski definition) is 3. The van der Waals surface area contributed by atoms with Crippen LogP contribution in [0.3, 0.4) is 0 Å². The van der Waals surface area contributed by atoms with Crippen molar-refractivity contribution in [1.82, 2.24) is 10.0 Å². The van der Waals surface area contributed by atoms with Gasteiger partial charge in [-0.25, -0.2) is 13.1 Å². The molecule has 0 fully saturated rings. The third-order valence-corrected chi connectivity index (χ3v) is 2.88. The summed E-state index contributed by atoms with van der Waals surface area (Å²) in [6, 6.07) is 6.66. The van der Waals surface area contributed by atoms with E-state index in [1.54, 1.807) is 24.3 Å². The minimum absolute atomic E-state index is 0. The molecule has 0 unspecified atom stereocenters. The Balaban J connectivity index is 0.00000324. The summed E-state index contributed by atoms with van der Waals surface area (Å²) >= 11 is 0. The monoisotopic (exact) mass is 307 g/mol. The molecule has 4 N–H and O–H groups in total. The van der Waals surface area contributed by atoms with E-state index >= 15 is 0 Å². The molecular weight excluding hydrogens is 290 g/mol. The number of rotatable bonds is 6. The first-order valence-electron chi connectivity index (χ1n) is 5.47. The Morgan fingerprint density at radius 3 is 2.58 bits per heavy atom. The molecule has 1 aromatic rings. The minimum Gasteiger partial charge on any atom is -0.399 e. The molecule has 0 saturated heterocycles. The van der Waals surface area contributed by atoms with Crippen LogP contribution in [0.25, 0.3) is 0 Å². The second-order valence-corrected chi connectivity index (χ2v) is 5.73. The summed E-state index contributed by atoms with van der Waals surface area (Å²) in [6.07, 6.45) is 1.62. The molecule has 0 aliphatic heterocycles. The summed E-state index contributed by atoms with van der Waals surface area (Å²) in [5.74, 6) is -0.221. The number of nitrogens with one attached hydrogen (secondary N) is 2. The molecule has 0 bridgehead atoms. The van der Waals surface area contributed by atoms with Crippen LogP contribution in [0.15, 0.2) is 24.3 Å². The zero-order valence-electron chi connectivity index (χ0n) is 10.5. The highest BCUT2D eigenvalue weighted by molar-refractivity contribution is 7.88. The van der Waals surface area contributed by atoms with E-state index in [-0.39, 0.29) is 18.3 Å². The first kappa shape index (κ1) is 17.7.